The highest BCUT2D eigenvalue weighted by atomic mass is 79.9. The van der Waals surface area contributed by atoms with Gasteiger partial charge in [0.1, 0.15) is 0 Å². The van der Waals surface area contributed by atoms with Crippen LogP contribution in [0.25, 0.3) is 22.3 Å². The van der Waals surface area contributed by atoms with Crippen LogP contribution in [-0.4, -0.2) is 0 Å². The van der Waals surface area contributed by atoms with Gasteiger partial charge in [-0.2, -0.15) is 0 Å². The van der Waals surface area contributed by atoms with E-state index >= 15 is 0 Å². The van der Waals surface area contributed by atoms with Crippen molar-refractivity contribution in [2.75, 3.05) is 0 Å². The lowest BCUT2D eigenvalue weighted by molar-refractivity contribution is 1.45. The molecule has 0 bridgehead atoms. The minimum absolute atomic E-state index is 1.11. The fourth-order valence-corrected chi connectivity index (χ4v) is 3.60. The highest BCUT2D eigenvalue weighted by Crippen LogP contribution is 2.38. The number of rotatable bonds is 2. The van der Waals surface area contributed by atoms with Gasteiger partial charge in [-0.15, -0.1) is 0 Å². The van der Waals surface area contributed by atoms with Crippen molar-refractivity contribution in [3.63, 3.8) is 0 Å². The Balaban J connectivity index is 2.08. The van der Waals surface area contributed by atoms with E-state index in [4.69, 9.17) is 0 Å². The molecule has 0 amide bonds. The second-order valence-corrected chi connectivity index (χ2v) is 7.25. The first-order valence-corrected chi connectivity index (χ1v) is 8.76. The van der Waals surface area contributed by atoms with Gasteiger partial charge in [0.05, 0.1) is 0 Å². The lowest BCUT2D eigenvalue weighted by atomic mass is 9.99. The number of halogens is 2. The Hall–Kier alpha value is -1.38. The van der Waals surface area contributed by atoms with E-state index in [1.165, 1.54) is 33.4 Å². The number of hydrogen-bond donors (Lipinski definition) is 0. The van der Waals surface area contributed by atoms with Crippen molar-refractivity contribution in [3.05, 3.63) is 80.7 Å². The molecule has 0 heterocycles. The van der Waals surface area contributed by atoms with Crippen molar-refractivity contribution >= 4 is 31.9 Å². The van der Waals surface area contributed by atoms with Crippen molar-refractivity contribution in [3.8, 4) is 22.3 Å². The van der Waals surface area contributed by atoms with Gasteiger partial charge in [-0.3, -0.25) is 0 Å². The molecule has 0 aliphatic carbocycles. The third kappa shape index (κ3) is 3.18. The van der Waals surface area contributed by atoms with E-state index in [2.05, 4.69) is 106 Å². The maximum absolute atomic E-state index is 3.73. The first-order valence-electron chi connectivity index (χ1n) is 7.18. The molecule has 0 N–H and O–H groups in total. The van der Waals surface area contributed by atoms with Crippen molar-refractivity contribution in [1.29, 1.82) is 0 Å². The predicted molar refractivity (Wildman–Crippen MR) is 102 cm³/mol. The lowest BCUT2D eigenvalue weighted by Crippen LogP contribution is -1.86. The molecule has 0 aromatic heterocycles. The Morgan fingerprint density at radius 3 is 1.18 bits per heavy atom. The third-order valence-electron chi connectivity index (χ3n) is 3.78. The van der Waals surface area contributed by atoms with Gasteiger partial charge in [0.15, 0.2) is 0 Å². The standard InChI is InChI=1S/C20H16Br2/c1-13-3-7-15(8-4-13)17-11-20(22)18(12-19(17)21)16-9-5-14(2)6-10-16/h3-12H,1-2H3. The van der Waals surface area contributed by atoms with E-state index < -0.39 is 0 Å². The zero-order chi connectivity index (χ0) is 15.7. The molecule has 0 aliphatic rings. The van der Waals surface area contributed by atoms with E-state index in [0.29, 0.717) is 0 Å². The van der Waals surface area contributed by atoms with Gasteiger partial charge in [0.2, 0.25) is 0 Å². The van der Waals surface area contributed by atoms with Gasteiger partial charge < -0.3 is 0 Å². The highest BCUT2D eigenvalue weighted by Gasteiger charge is 2.10. The smallest absolute Gasteiger partial charge is 0.0260 e. The first-order chi connectivity index (χ1) is 10.5. The molecule has 110 valence electrons. The molecule has 22 heavy (non-hydrogen) atoms. The summed E-state index contributed by atoms with van der Waals surface area (Å²) in [4.78, 5) is 0. The second-order valence-electron chi connectivity index (χ2n) is 5.54. The maximum Gasteiger partial charge on any atom is 0.0260 e. The van der Waals surface area contributed by atoms with Crippen LogP contribution in [0.1, 0.15) is 11.1 Å². The highest BCUT2D eigenvalue weighted by molar-refractivity contribution is 9.11. The molecule has 0 radical (unpaired) electrons. The minimum atomic E-state index is 1.11. The molecule has 0 saturated carbocycles. The quantitative estimate of drug-likeness (QED) is 0.416. The fraction of sp³-hybridized carbons (Fsp3) is 0.100. The SMILES string of the molecule is Cc1ccc(-c2cc(Br)c(-c3ccc(C)cc3)cc2Br)cc1. The van der Waals surface area contributed by atoms with Gasteiger partial charge in [0.25, 0.3) is 0 Å². The summed E-state index contributed by atoms with van der Waals surface area (Å²) in [6.45, 7) is 4.21. The Bertz CT molecular complexity index is 729. The van der Waals surface area contributed by atoms with Gasteiger partial charge in [0, 0.05) is 8.95 Å². The molecule has 0 nitrogen and oxygen atoms in total. The molecule has 3 aromatic rings. The maximum atomic E-state index is 3.73. The molecular weight excluding hydrogens is 400 g/mol. The Morgan fingerprint density at radius 2 is 0.864 bits per heavy atom. The molecule has 0 aliphatic heterocycles. The lowest BCUT2D eigenvalue weighted by Gasteiger charge is -2.11. The van der Waals surface area contributed by atoms with Crippen molar-refractivity contribution < 1.29 is 0 Å². The Morgan fingerprint density at radius 1 is 0.545 bits per heavy atom. The molecule has 0 spiro atoms. The largest absolute Gasteiger partial charge is 0.0587 e. The summed E-state index contributed by atoms with van der Waals surface area (Å²) in [7, 11) is 0. The Labute approximate surface area is 148 Å². The molecule has 2 heteroatoms. The van der Waals surface area contributed by atoms with E-state index in [9.17, 15) is 0 Å². The Kier molecular flexibility index (Phi) is 4.51. The molecular formula is C20H16Br2. The van der Waals surface area contributed by atoms with Crippen LogP contribution < -0.4 is 0 Å². The summed E-state index contributed by atoms with van der Waals surface area (Å²) in [5, 5.41) is 0. The van der Waals surface area contributed by atoms with Gasteiger partial charge in [-0.05, 0) is 48.2 Å². The topological polar surface area (TPSA) is 0 Å². The molecule has 0 saturated heterocycles. The zero-order valence-electron chi connectivity index (χ0n) is 12.5. The van der Waals surface area contributed by atoms with Crippen molar-refractivity contribution in [2.45, 2.75) is 13.8 Å². The normalized spacial score (nSPS) is 10.7. The van der Waals surface area contributed by atoms with Gasteiger partial charge in [-0.1, -0.05) is 91.5 Å². The van der Waals surface area contributed by atoms with Crippen molar-refractivity contribution in [2.24, 2.45) is 0 Å². The first kappa shape index (κ1) is 15.5. The average molecular weight is 416 g/mol. The summed E-state index contributed by atoms with van der Waals surface area (Å²) >= 11 is 7.45. The van der Waals surface area contributed by atoms with Gasteiger partial charge >= 0.3 is 0 Å². The summed E-state index contributed by atoms with van der Waals surface area (Å²) in [6, 6.07) is 21.6. The molecule has 0 unspecified atom stereocenters. The number of hydrogen-bond acceptors (Lipinski definition) is 0. The number of benzene rings is 3. The van der Waals surface area contributed by atoms with Crippen LogP contribution >= 0.6 is 31.9 Å². The van der Waals surface area contributed by atoms with E-state index in [1.54, 1.807) is 0 Å². The monoisotopic (exact) mass is 414 g/mol. The summed E-state index contributed by atoms with van der Waals surface area (Å²) in [5.41, 5.74) is 7.37. The van der Waals surface area contributed by atoms with E-state index in [1.807, 2.05) is 0 Å². The molecule has 0 fully saturated rings. The van der Waals surface area contributed by atoms with Gasteiger partial charge in [-0.25, -0.2) is 0 Å². The van der Waals surface area contributed by atoms with Crippen LogP contribution in [0.2, 0.25) is 0 Å². The van der Waals surface area contributed by atoms with E-state index in [-0.39, 0.29) is 0 Å². The second kappa shape index (κ2) is 6.39. The van der Waals surface area contributed by atoms with Crippen LogP contribution in [0, 0.1) is 13.8 Å². The van der Waals surface area contributed by atoms with Crippen LogP contribution in [0.4, 0.5) is 0 Å². The third-order valence-corrected chi connectivity index (χ3v) is 5.09. The zero-order valence-corrected chi connectivity index (χ0v) is 15.7. The molecule has 0 atom stereocenters. The molecule has 3 rings (SSSR count). The molecule has 3 aromatic carbocycles. The van der Waals surface area contributed by atoms with Crippen LogP contribution in [0.5, 0.6) is 0 Å². The van der Waals surface area contributed by atoms with Crippen LogP contribution in [0.3, 0.4) is 0 Å². The minimum Gasteiger partial charge on any atom is -0.0587 e. The predicted octanol–water partition coefficient (Wildman–Crippen LogP) is 7.16. The van der Waals surface area contributed by atoms with Crippen molar-refractivity contribution in [1.82, 2.24) is 0 Å². The average Bonchev–Trinajstić information content (AvgIpc) is 2.51. The van der Waals surface area contributed by atoms with E-state index in [0.717, 1.165) is 8.95 Å². The van der Waals surface area contributed by atoms with Crippen LogP contribution in [-0.2, 0) is 0 Å². The fourth-order valence-electron chi connectivity index (χ4n) is 2.46. The van der Waals surface area contributed by atoms with Crippen LogP contribution in [0.15, 0.2) is 69.6 Å². The number of aryl methyl sites for hydroxylation is 2. The summed E-state index contributed by atoms with van der Waals surface area (Å²) < 4.78 is 2.21. The summed E-state index contributed by atoms with van der Waals surface area (Å²) in [5.74, 6) is 0. The summed E-state index contributed by atoms with van der Waals surface area (Å²) in [6.07, 6.45) is 0.